The van der Waals surface area contributed by atoms with E-state index in [4.69, 9.17) is 4.74 Å². The topological polar surface area (TPSA) is 26.3 Å². The summed E-state index contributed by atoms with van der Waals surface area (Å²) in [5.74, 6) is 3.23. The van der Waals surface area contributed by atoms with Crippen LogP contribution in [0.5, 0.6) is 0 Å². The van der Waals surface area contributed by atoms with Gasteiger partial charge in [0.05, 0.1) is 5.75 Å². The Bertz CT molecular complexity index is 902. The molecule has 0 bridgehead atoms. The second-order valence-electron chi connectivity index (χ2n) is 10.4. The monoisotopic (exact) mass is 464 g/mol. The molecule has 4 atom stereocenters. The normalized spacial score (nSPS) is 31.5. The summed E-state index contributed by atoms with van der Waals surface area (Å²) in [6.45, 7) is 8.45. The number of allylic oxidation sites excluding steroid dienone is 10. The fraction of sp³-hybridized carbons (Fsp3) is 0.567. The van der Waals surface area contributed by atoms with Gasteiger partial charge in [-0.25, -0.2) is 0 Å². The van der Waals surface area contributed by atoms with Crippen molar-refractivity contribution < 1.29 is 9.53 Å². The first-order valence-corrected chi connectivity index (χ1v) is 14.1. The molecule has 2 saturated carbocycles. The Kier molecular flexibility index (Phi) is 8.22. The number of carbonyl (C=O) groups is 1. The molecule has 0 aromatic rings. The number of hydrogen-bond acceptors (Lipinski definition) is 3. The van der Waals surface area contributed by atoms with Gasteiger partial charge < -0.3 is 4.74 Å². The van der Waals surface area contributed by atoms with Crippen LogP contribution >= 0.6 is 11.8 Å². The van der Waals surface area contributed by atoms with E-state index >= 15 is 0 Å². The molecule has 0 N–H and O–H groups in total. The number of hydrogen-bond donors (Lipinski definition) is 0. The molecule has 0 aliphatic heterocycles. The van der Waals surface area contributed by atoms with Crippen LogP contribution in [0.3, 0.4) is 0 Å². The highest BCUT2D eigenvalue weighted by molar-refractivity contribution is 8.00. The van der Waals surface area contributed by atoms with Gasteiger partial charge in [-0.05, 0) is 73.2 Å². The zero-order valence-electron chi connectivity index (χ0n) is 20.5. The standard InChI is InChI=1S/C30H40O2S/c1-4-6-11-23-18-24-13-9-10-15-27(24)28(26(23)5-2)20-33-21-29(31)32-30(3)17-16-22-12-7-8-14-25(22)19-30/h5-6,9-11,13,18,22,25,27H,2,4,7-8,12,14-17,19-21H2,1,3H3. The predicted molar refractivity (Wildman–Crippen MR) is 141 cm³/mol. The van der Waals surface area contributed by atoms with Crippen LogP contribution in [0.2, 0.25) is 0 Å². The zero-order valence-corrected chi connectivity index (χ0v) is 21.3. The van der Waals surface area contributed by atoms with Crippen molar-refractivity contribution >= 4 is 17.7 Å². The van der Waals surface area contributed by atoms with Gasteiger partial charge in [-0.3, -0.25) is 4.79 Å². The van der Waals surface area contributed by atoms with Crippen molar-refractivity contribution in [1.82, 2.24) is 0 Å². The van der Waals surface area contributed by atoms with Crippen molar-refractivity contribution in [1.29, 1.82) is 0 Å². The Labute approximate surface area is 205 Å². The van der Waals surface area contributed by atoms with E-state index in [1.165, 1.54) is 54.4 Å². The van der Waals surface area contributed by atoms with E-state index in [-0.39, 0.29) is 11.6 Å². The van der Waals surface area contributed by atoms with Gasteiger partial charge in [0.15, 0.2) is 0 Å². The maximum absolute atomic E-state index is 12.8. The van der Waals surface area contributed by atoms with E-state index in [1.54, 1.807) is 11.8 Å². The van der Waals surface area contributed by atoms with Crippen molar-refractivity contribution in [2.24, 2.45) is 17.8 Å². The van der Waals surface area contributed by atoms with Crippen LogP contribution in [0.1, 0.15) is 71.6 Å². The van der Waals surface area contributed by atoms with E-state index in [1.807, 2.05) is 6.08 Å². The van der Waals surface area contributed by atoms with Crippen LogP contribution in [0.25, 0.3) is 0 Å². The van der Waals surface area contributed by atoms with E-state index in [2.05, 4.69) is 56.9 Å². The number of ether oxygens (including phenoxy) is 1. The molecule has 0 amide bonds. The molecule has 0 saturated heterocycles. The van der Waals surface area contributed by atoms with Crippen LogP contribution in [-0.4, -0.2) is 23.1 Å². The van der Waals surface area contributed by atoms with Gasteiger partial charge in [0.2, 0.25) is 0 Å². The highest BCUT2D eigenvalue weighted by atomic mass is 32.2. The van der Waals surface area contributed by atoms with Gasteiger partial charge in [-0.15, -0.1) is 11.8 Å². The third kappa shape index (κ3) is 5.85. The van der Waals surface area contributed by atoms with Gasteiger partial charge in [-0.2, -0.15) is 0 Å². The van der Waals surface area contributed by atoms with Crippen LogP contribution in [0, 0.1) is 17.8 Å². The summed E-state index contributed by atoms with van der Waals surface area (Å²) in [5, 5.41) is 0. The minimum Gasteiger partial charge on any atom is -0.459 e. The largest absolute Gasteiger partial charge is 0.459 e. The average Bonchev–Trinajstić information content (AvgIpc) is 2.82. The van der Waals surface area contributed by atoms with E-state index in [9.17, 15) is 4.79 Å². The smallest absolute Gasteiger partial charge is 0.316 e. The summed E-state index contributed by atoms with van der Waals surface area (Å²) >= 11 is 1.70. The molecular weight excluding hydrogens is 424 g/mol. The predicted octanol–water partition coefficient (Wildman–Crippen LogP) is 7.90. The van der Waals surface area contributed by atoms with Crippen LogP contribution in [0.15, 0.2) is 71.4 Å². The first-order valence-electron chi connectivity index (χ1n) is 12.9. The maximum Gasteiger partial charge on any atom is 0.316 e. The maximum atomic E-state index is 12.8. The van der Waals surface area contributed by atoms with Crippen LogP contribution in [-0.2, 0) is 9.53 Å². The minimum atomic E-state index is -0.266. The molecule has 2 fully saturated rings. The third-order valence-corrected chi connectivity index (χ3v) is 8.93. The number of rotatable bonds is 8. The molecule has 0 aromatic heterocycles. The fourth-order valence-corrected chi connectivity index (χ4v) is 7.20. The van der Waals surface area contributed by atoms with E-state index in [0.29, 0.717) is 11.7 Å². The number of esters is 1. The Balaban J connectivity index is 1.37. The molecule has 178 valence electrons. The van der Waals surface area contributed by atoms with Gasteiger partial charge in [-0.1, -0.05) is 81.7 Å². The van der Waals surface area contributed by atoms with Crippen LogP contribution < -0.4 is 0 Å². The lowest BCUT2D eigenvalue weighted by Crippen LogP contribution is -2.42. The summed E-state index contributed by atoms with van der Waals surface area (Å²) < 4.78 is 6.11. The number of thioether (sulfide) groups is 1. The first-order chi connectivity index (χ1) is 16.0. The van der Waals surface area contributed by atoms with Crippen molar-refractivity contribution in [3.05, 3.63) is 71.4 Å². The molecule has 4 aliphatic carbocycles. The van der Waals surface area contributed by atoms with Crippen molar-refractivity contribution in [3.8, 4) is 0 Å². The highest BCUT2D eigenvalue weighted by Gasteiger charge is 2.41. The molecule has 4 rings (SSSR count). The molecule has 0 heterocycles. The summed E-state index contributed by atoms with van der Waals surface area (Å²) in [7, 11) is 0. The van der Waals surface area contributed by atoms with Crippen molar-refractivity contribution in [2.45, 2.75) is 77.2 Å². The molecule has 4 aliphatic rings. The molecule has 4 unspecified atom stereocenters. The molecule has 33 heavy (non-hydrogen) atoms. The van der Waals surface area contributed by atoms with Gasteiger partial charge in [0.25, 0.3) is 0 Å². The lowest BCUT2D eigenvalue weighted by Gasteiger charge is -2.44. The van der Waals surface area contributed by atoms with Gasteiger partial charge >= 0.3 is 5.97 Å². The Morgan fingerprint density at radius 1 is 1.27 bits per heavy atom. The van der Waals surface area contributed by atoms with Gasteiger partial charge in [0.1, 0.15) is 5.60 Å². The zero-order chi connectivity index (χ0) is 23.3. The second kappa shape index (κ2) is 11.1. The van der Waals surface area contributed by atoms with Crippen molar-refractivity contribution in [2.75, 3.05) is 11.5 Å². The average molecular weight is 465 g/mol. The second-order valence-corrected chi connectivity index (χ2v) is 11.4. The third-order valence-electron chi connectivity index (χ3n) is 7.98. The van der Waals surface area contributed by atoms with Crippen LogP contribution in [0.4, 0.5) is 0 Å². The molecule has 0 radical (unpaired) electrons. The lowest BCUT2D eigenvalue weighted by molar-refractivity contribution is -0.161. The van der Waals surface area contributed by atoms with E-state index in [0.717, 1.165) is 43.3 Å². The Hall–Kier alpha value is -1.74. The summed E-state index contributed by atoms with van der Waals surface area (Å²) in [5.41, 5.74) is 4.97. The minimum absolute atomic E-state index is 0.0470. The molecule has 3 heteroatoms. The molecule has 2 nitrogen and oxygen atoms in total. The van der Waals surface area contributed by atoms with Gasteiger partial charge in [0, 0.05) is 11.7 Å². The lowest BCUT2D eigenvalue weighted by atomic mass is 9.66. The summed E-state index contributed by atoms with van der Waals surface area (Å²) in [6, 6.07) is 0. The molecular formula is C30H40O2S. The van der Waals surface area contributed by atoms with E-state index < -0.39 is 0 Å². The first kappa shape index (κ1) is 24.4. The quantitative estimate of drug-likeness (QED) is 0.341. The highest BCUT2D eigenvalue weighted by Crippen LogP contribution is 2.46. The number of carbonyl (C=O) groups excluding carboxylic acids is 1. The number of fused-ring (bicyclic) bond motifs is 2. The Morgan fingerprint density at radius 3 is 2.88 bits per heavy atom. The fourth-order valence-electron chi connectivity index (χ4n) is 6.30. The molecule has 0 aromatic carbocycles. The van der Waals surface area contributed by atoms with Crippen molar-refractivity contribution in [3.63, 3.8) is 0 Å². The molecule has 0 spiro atoms. The Morgan fingerprint density at radius 2 is 2.09 bits per heavy atom. The SMILES string of the molecule is C=CC1=C(CSCC(=O)OC2(C)CCC3CCCCC3C2)C2CC=CC=C2C=C1C=CCC. The summed E-state index contributed by atoms with van der Waals surface area (Å²) in [4.78, 5) is 12.8. The summed E-state index contributed by atoms with van der Waals surface area (Å²) in [6.07, 6.45) is 26.1.